The Morgan fingerprint density at radius 2 is 1.04 bits per heavy atom. The van der Waals surface area contributed by atoms with Gasteiger partial charge in [-0.15, -0.1) is 19.6 Å². The predicted octanol–water partition coefficient (Wildman–Crippen LogP) is -0.117. The van der Waals surface area contributed by atoms with E-state index in [1.165, 1.54) is 7.11 Å². The van der Waals surface area contributed by atoms with Crippen molar-refractivity contribution in [3.05, 3.63) is 20.8 Å². The largest absolute Gasteiger partial charge is 0.468 e. The van der Waals surface area contributed by atoms with Gasteiger partial charge < -0.3 is 40.2 Å². The van der Waals surface area contributed by atoms with Gasteiger partial charge in [0.25, 0.3) is 0 Å². The van der Waals surface area contributed by atoms with Gasteiger partial charge in [-0.2, -0.15) is 0 Å². The van der Waals surface area contributed by atoms with Crippen LogP contribution in [0.25, 0.3) is 0 Å². The molecular weight excluding hydrogens is 449 g/mol. The molecule has 0 amide bonds. The third-order valence-electron chi connectivity index (χ3n) is 4.46. The van der Waals surface area contributed by atoms with Gasteiger partial charge in [0, 0.05) is 92.3 Å². The Labute approximate surface area is 180 Å². The Bertz CT molecular complexity index is 314. The van der Waals surface area contributed by atoms with Crippen LogP contribution in [0.2, 0.25) is 0 Å². The molecule has 0 spiro atoms. The minimum atomic E-state index is -0.178. The molecule has 1 fully saturated rings. The maximum absolute atomic E-state index is 11.6. The van der Waals surface area contributed by atoms with Gasteiger partial charge in [0.15, 0.2) is 0 Å². The van der Waals surface area contributed by atoms with Gasteiger partial charge in [-0.1, -0.05) is 0 Å². The van der Waals surface area contributed by atoms with Crippen molar-refractivity contribution in [3.8, 4) is 0 Å². The number of carbonyl (C=O) groups is 1. The third kappa shape index (κ3) is 9.95. The molecule has 0 unspecified atom stereocenters. The zero-order valence-electron chi connectivity index (χ0n) is 15.1. The number of carbonyl (C=O) groups excluding carboxylic acids is 1. The molecule has 0 saturated carbocycles. The summed E-state index contributed by atoms with van der Waals surface area (Å²) in [6, 6.07) is 0. The number of hydrogen-bond acceptors (Lipinski definition) is 6. The molecule has 0 bridgehead atoms. The number of rotatable bonds is 5. The molecule has 7 heteroatoms. The topological polar surface area (TPSA) is 39.3 Å². The second kappa shape index (κ2) is 14.8. The molecule has 1 heterocycles. The van der Waals surface area contributed by atoms with E-state index in [4.69, 9.17) is 4.74 Å². The summed E-state index contributed by atoms with van der Waals surface area (Å²) in [5, 5.41) is 0. The number of nitrogens with zero attached hydrogens (tertiary/aromatic N) is 4. The van der Waals surface area contributed by atoms with E-state index in [1.807, 2.05) is 0 Å². The van der Waals surface area contributed by atoms with Crippen LogP contribution in [0.1, 0.15) is 0 Å². The van der Waals surface area contributed by atoms with Crippen molar-refractivity contribution in [1.82, 2.24) is 19.6 Å². The van der Waals surface area contributed by atoms with Gasteiger partial charge in [0.2, 0.25) is 0 Å². The smallest absolute Gasteiger partial charge is 0.319 e. The van der Waals surface area contributed by atoms with Crippen molar-refractivity contribution in [2.45, 2.75) is 0 Å². The minimum absolute atomic E-state index is 0. The van der Waals surface area contributed by atoms with Crippen LogP contribution in [0, 0.1) is 60.7 Å². The first-order valence-corrected chi connectivity index (χ1v) is 8.46. The van der Waals surface area contributed by atoms with Crippen LogP contribution < -0.4 is 0 Å². The van der Waals surface area contributed by atoms with E-state index in [2.05, 4.69) is 40.4 Å². The van der Waals surface area contributed by atoms with E-state index in [9.17, 15) is 4.79 Å². The fraction of sp³-hybridized carbons (Fsp3) is 0.765. The van der Waals surface area contributed by atoms with Gasteiger partial charge in [-0.3, -0.25) is 9.69 Å². The molecule has 1 rings (SSSR count). The second-order valence-corrected chi connectivity index (χ2v) is 5.88. The van der Waals surface area contributed by atoms with Gasteiger partial charge in [0.05, 0.1) is 13.7 Å². The molecule has 1 aliphatic heterocycles. The van der Waals surface area contributed by atoms with Gasteiger partial charge in [-0.25, -0.2) is 0 Å². The molecule has 0 aliphatic carbocycles. The van der Waals surface area contributed by atoms with Gasteiger partial charge in [-0.05, 0) is 0 Å². The van der Waals surface area contributed by atoms with E-state index in [0.717, 1.165) is 72.0 Å². The van der Waals surface area contributed by atoms with E-state index in [0.29, 0.717) is 6.54 Å². The summed E-state index contributed by atoms with van der Waals surface area (Å²) in [7, 11) is 1.44. The number of hydrogen-bond donors (Lipinski definition) is 0. The van der Waals surface area contributed by atoms with Crippen molar-refractivity contribution in [2.75, 3.05) is 85.6 Å². The molecule has 0 aromatic heterocycles. The van der Waals surface area contributed by atoms with Gasteiger partial charge in [0.1, 0.15) is 0 Å². The summed E-state index contributed by atoms with van der Waals surface area (Å²) in [6.45, 7) is 22.3. The fourth-order valence-corrected chi connectivity index (χ4v) is 2.65. The average molecular weight is 483 g/mol. The molecule has 0 radical (unpaired) electrons. The number of esters is 1. The molecule has 0 aromatic carbocycles. The van der Waals surface area contributed by atoms with Crippen LogP contribution in [0.15, 0.2) is 0 Å². The van der Waals surface area contributed by atoms with Crippen molar-refractivity contribution >= 4 is 5.97 Å². The number of methoxy groups -OCH3 is 1. The fourth-order valence-electron chi connectivity index (χ4n) is 2.65. The van der Waals surface area contributed by atoms with Crippen molar-refractivity contribution in [3.63, 3.8) is 0 Å². The van der Waals surface area contributed by atoms with Crippen LogP contribution in [-0.2, 0) is 9.53 Å². The standard InChI is InChI=1S/C17H33N4O2.Gd/c1-5-18-8-10-19(6-2)12-14-21(16-17(22)23-4)15-13-20(7-3)11-9-18;/h1-3,5-16H2,4H3;/q-3;. The normalized spacial score (nSPS) is 20.7. The molecule has 0 N–H and O–H groups in total. The van der Waals surface area contributed by atoms with Gasteiger partial charge >= 0.3 is 5.97 Å². The summed E-state index contributed by atoms with van der Waals surface area (Å²) < 4.78 is 4.81. The van der Waals surface area contributed by atoms with Crippen molar-refractivity contribution in [1.29, 1.82) is 0 Å². The Morgan fingerprint density at radius 1 is 0.750 bits per heavy atom. The minimum Gasteiger partial charge on any atom is -0.468 e. The van der Waals surface area contributed by atoms with E-state index in [-0.39, 0.29) is 45.9 Å². The predicted molar refractivity (Wildman–Crippen MR) is 93.8 cm³/mol. The second-order valence-electron chi connectivity index (χ2n) is 5.88. The van der Waals surface area contributed by atoms with Crippen molar-refractivity contribution in [2.24, 2.45) is 0 Å². The Morgan fingerprint density at radius 3 is 1.29 bits per heavy atom. The number of ether oxygens (including phenoxy) is 1. The molecular formula is C17H33GdN4O2-3. The van der Waals surface area contributed by atoms with Crippen LogP contribution in [-0.4, -0.2) is 111 Å². The summed E-state index contributed by atoms with van der Waals surface area (Å²) in [4.78, 5) is 20.8. The first kappa shape index (κ1) is 24.6. The Balaban J connectivity index is 0.00000529. The third-order valence-corrected chi connectivity index (χ3v) is 4.46. The SMILES string of the molecule is [CH2-]CN1CCN(C[CH2-])CCN(CC(=O)OC)CCN(C[CH2-])CC1.[Gd]. The summed E-state index contributed by atoms with van der Waals surface area (Å²) in [5.74, 6) is -0.178. The van der Waals surface area contributed by atoms with E-state index < -0.39 is 0 Å². The zero-order valence-corrected chi connectivity index (χ0v) is 17.3. The molecule has 1 aliphatic rings. The first-order valence-electron chi connectivity index (χ1n) is 8.46. The molecule has 0 atom stereocenters. The van der Waals surface area contributed by atoms with Crippen LogP contribution in [0.5, 0.6) is 0 Å². The van der Waals surface area contributed by atoms with E-state index in [1.54, 1.807) is 0 Å². The van der Waals surface area contributed by atoms with E-state index >= 15 is 0 Å². The quantitative estimate of drug-likeness (QED) is 0.402. The molecule has 24 heavy (non-hydrogen) atoms. The van der Waals surface area contributed by atoms with Crippen LogP contribution >= 0.6 is 0 Å². The molecule has 144 valence electrons. The average Bonchev–Trinajstić information content (AvgIpc) is 2.57. The summed E-state index contributed by atoms with van der Waals surface area (Å²) >= 11 is 0. The molecule has 6 nitrogen and oxygen atoms in total. The first-order chi connectivity index (χ1) is 11.1. The summed E-state index contributed by atoms with van der Waals surface area (Å²) in [5.41, 5.74) is 0. The monoisotopic (exact) mass is 483 g/mol. The molecule has 1 saturated heterocycles. The Hall–Kier alpha value is 0.635. The zero-order chi connectivity index (χ0) is 17.1. The van der Waals surface area contributed by atoms with Crippen LogP contribution in [0.4, 0.5) is 0 Å². The molecule has 0 aromatic rings. The Kier molecular flexibility index (Phi) is 15.2. The maximum Gasteiger partial charge on any atom is 0.319 e. The van der Waals surface area contributed by atoms with Crippen LogP contribution in [0.3, 0.4) is 0 Å². The maximum atomic E-state index is 11.6. The van der Waals surface area contributed by atoms with Crippen molar-refractivity contribution < 1.29 is 49.5 Å². The summed E-state index contributed by atoms with van der Waals surface area (Å²) in [6.07, 6.45) is 0.